The number of hydrogen-bond donors (Lipinski definition) is 3. The summed E-state index contributed by atoms with van der Waals surface area (Å²) in [7, 11) is 0. The molecule has 1 atom stereocenters. The summed E-state index contributed by atoms with van der Waals surface area (Å²) in [6, 6.07) is 7.49. The molecule has 0 aliphatic heterocycles. The SMILES string of the molecule is O=C(O)CCC(O)c1ccc2[nH]ccc2c1. The van der Waals surface area contributed by atoms with Crippen molar-refractivity contribution in [3.63, 3.8) is 0 Å². The van der Waals surface area contributed by atoms with Gasteiger partial charge in [-0.1, -0.05) is 6.07 Å². The van der Waals surface area contributed by atoms with Crippen LogP contribution in [0.4, 0.5) is 0 Å². The van der Waals surface area contributed by atoms with Crippen LogP contribution in [-0.4, -0.2) is 21.2 Å². The fourth-order valence-corrected chi connectivity index (χ4v) is 1.71. The Morgan fingerprint density at radius 1 is 1.38 bits per heavy atom. The molecule has 3 N–H and O–H groups in total. The van der Waals surface area contributed by atoms with Gasteiger partial charge in [0, 0.05) is 18.1 Å². The Kier molecular flexibility index (Phi) is 2.92. The van der Waals surface area contributed by atoms with Crippen LogP contribution in [-0.2, 0) is 4.79 Å². The monoisotopic (exact) mass is 219 g/mol. The van der Waals surface area contributed by atoms with Crippen molar-refractivity contribution in [1.29, 1.82) is 0 Å². The zero-order chi connectivity index (χ0) is 11.5. The summed E-state index contributed by atoms with van der Waals surface area (Å²) in [5.74, 6) is -0.887. The first kappa shape index (κ1) is 10.7. The van der Waals surface area contributed by atoms with E-state index in [9.17, 15) is 9.90 Å². The maximum Gasteiger partial charge on any atom is 0.303 e. The predicted octanol–water partition coefficient (Wildman–Crippen LogP) is 2.07. The van der Waals surface area contributed by atoms with E-state index >= 15 is 0 Å². The Morgan fingerprint density at radius 3 is 2.94 bits per heavy atom. The van der Waals surface area contributed by atoms with Gasteiger partial charge >= 0.3 is 5.97 Å². The lowest BCUT2D eigenvalue weighted by Gasteiger charge is -2.09. The minimum absolute atomic E-state index is 0.0215. The average molecular weight is 219 g/mol. The number of aromatic nitrogens is 1. The van der Waals surface area contributed by atoms with Crippen LogP contribution in [0, 0.1) is 0 Å². The Hall–Kier alpha value is -1.81. The molecule has 2 aromatic rings. The van der Waals surface area contributed by atoms with Crippen molar-refractivity contribution in [3.05, 3.63) is 36.0 Å². The number of aromatic amines is 1. The van der Waals surface area contributed by atoms with E-state index in [1.807, 2.05) is 30.5 Å². The molecule has 1 unspecified atom stereocenters. The lowest BCUT2D eigenvalue weighted by molar-refractivity contribution is -0.137. The number of aliphatic carboxylic acids is 1. The number of carbonyl (C=O) groups is 1. The minimum Gasteiger partial charge on any atom is -0.481 e. The van der Waals surface area contributed by atoms with Crippen molar-refractivity contribution in [1.82, 2.24) is 4.98 Å². The zero-order valence-corrected chi connectivity index (χ0v) is 8.68. The second-order valence-electron chi connectivity index (χ2n) is 3.77. The summed E-state index contributed by atoms with van der Waals surface area (Å²) < 4.78 is 0. The normalized spacial score (nSPS) is 12.8. The summed E-state index contributed by atoms with van der Waals surface area (Å²) in [6.07, 6.45) is 1.34. The van der Waals surface area contributed by atoms with Gasteiger partial charge in [-0.3, -0.25) is 4.79 Å². The van der Waals surface area contributed by atoms with Gasteiger partial charge in [0.15, 0.2) is 0 Å². The molecule has 84 valence electrons. The Bertz CT molecular complexity index is 504. The summed E-state index contributed by atoms with van der Waals surface area (Å²) in [5.41, 5.74) is 1.77. The predicted molar refractivity (Wildman–Crippen MR) is 60.1 cm³/mol. The van der Waals surface area contributed by atoms with Crippen molar-refractivity contribution in [2.45, 2.75) is 18.9 Å². The molecular weight excluding hydrogens is 206 g/mol. The first-order chi connectivity index (χ1) is 7.66. The number of aliphatic hydroxyl groups excluding tert-OH is 1. The van der Waals surface area contributed by atoms with Crippen LogP contribution in [0.25, 0.3) is 10.9 Å². The molecule has 4 nitrogen and oxygen atoms in total. The number of rotatable bonds is 4. The molecule has 0 amide bonds. The Balaban J connectivity index is 2.15. The molecular formula is C12H13NO3. The number of benzene rings is 1. The second kappa shape index (κ2) is 4.37. The number of nitrogens with one attached hydrogen (secondary N) is 1. The van der Waals surface area contributed by atoms with Crippen molar-refractivity contribution in [2.75, 3.05) is 0 Å². The third-order valence-corrected chi connectivity index (χ3v) is 2.59. The van der Waals surface area contributed by atoms with Crippen LogP contribution < -0.4 is 0 Å². The first-order valence-corrected chi connectivity index (χ1v) is 5.14. The van der Waals surface area contributed by atoms with E-state index in [4.69, 9.17) is 5.11 Å². The highest BCUT2D eigenvalue weighted by Gasteiger charge is 2.10. The van der Waals surface area contributed by atoms with Gasteiger partial charge in [0.2, 0.25) is 0 Å². The van der Waals surface area contributed by atoms with Gasteiger partial charge in [-0.05, 0) is 35.6 Å². The van der Waals surface area contributed by atoms with Gasteiger partial charge in [0.25, 0.3) is 0 Å². The maximum absolute atomic E-state index is 10.4. The Labute approximate surface area is 92.5 Å². The van der Waals surface area contributed by atoms with E-state index in [-0.39, 0.29) is 12.8 Å². The first-order valence-electron chi connectivity index (χ1n) is 5.14. The van der Waals surface area contributed by atoms with Crippen LogP contribution in [0.15, 0.2) is 30.5 Å². The molecule has 1 aromatic heterocycles. The number of aliphatic hydroxyl groups is 1. The van der Waals surface area contributed by atoms with Crippen LogP contribution in [0.3, 0.4) is 0 Å². The summed E-state index contributed by atoms with van der Waals surface area (Å²) >= 11 is 0. The van der Waals surface area contributed by atoms with Crippen LogP contribution >= 0.6 is 0 Å². The lowest BCUT2D eigenvalue weighted by atomic mass is 10.0. The standard InChI is InChI=1S/C12H13NO3/c14-11(3-4-12(15)16)9-1-2-10-8(7-9)5-6-13-10/h1-2,5-7,11,13-14H,3-4H2,(H,15,16). The zero-order valence-electron chi connectivity index (χ0n) is 8.68. The van der Waals surface area contributed by atoms with E-state index in [1.165, 1.54) is 0 Å². The smallest absolute Gasteiger partial charge is 0.303 e. The van der Waals surface area contributed by atoms with Gasteiger partial charge < -0.3 is 15.2 Å². The highest BCUT2D eigenvalue weighted by Crippen LogP contribution is 2.22. The molecule has 2 rings (SSSR count). The molecule has 4 heteroatoms. The third-order valence-electron chi connectivity index (χ3n) is 2.59. The molecule has 0 radical (unpaired) electrons. The van der Waals surface area contributed by atoms with Gasteiger partial charge in [0.1, 0.15) is 0 Å². The highest BCUT2D eigenvalue weighted by atomic mass is 16.4. The van der Waals surface area contributed by atoms with Crippen molar-refractivity contribution in [2.24, 2.45) is 0 Å². The average Bonchev–Trinajstić information content (AvgIpc) is 2.72. The van der Waals surface area contributed by atoms with E-state index in [2.05, 4.69) is 4.98 Å². The summed E-state index contributed by atoms with van der Waals surface area (Å²) in [4.78, 5) is 13.5. The number of carboxylic acids is 1. The molecule has 0 saturated heterocycles. The van der Waals surface area contributed by atoms with E-state index in [0.29, 0.717) is 0 Å². The maximum atomic E-state index is 10.4. The van der Waals surface area contributed by atoms with Crippen molar-refractivity contribution < 1.29 is 15.0 Å². The molecule has 1 aromatic carbocycles. The minimum atomic E-state index is -0.887. The molecule has 0 fully saturated rings. The second-order valence-corrected chi connectivity index (χ2v) is 3.77. The van der Waals surface area contributed by atoms with Crippen LogP contribution in [0.5, 0.6) is 0 Å². The fourth-order valence-electron chi connectivity index (χ4n) is 1.71. The highest BCUT2D eigenvalue weighted by molar-refractivity contribution is 5.80. The molecule has 0 spiro atoms. The van der Waals surface area contributed by atoms with Gasteiger partial charge in [-0.25, -0.2) is 0 Å². The van der Waals surface area contributed by atoms with E-state index in [1.54, 1.807) is 0 Å². The number of carboxylic acid groups (broad SMARTS) is 1. The molecule has 0 saturated carbocycles. The lowest BCUT2D eigenvalue weighted by Crippen LogP contribution is -2.02. The molecule has 1 heterocycles. The fraction of sp³-hybridized carbons (Fsp3) is 0.250. The van der Waals surface area contributed by atoms with Crippen LogP contribution in [0.2, 0.25) is 0 Å². The van der Waals surface area contributed by atoms with E-state index < -0.39 is 12.1 Å². The van der Waals surface area contributed by atoms with Crippen LogP contribution in [0.1, 0.15) is 24.5 Å². The summed E-state index contributed by atoms with van der Waals surface area (Å²) in [5, 5.41) is 19.3. The molecule has 16 heavy (non-hydrogen) atoms. The molecule has 0 bridgehead atoms. The molecule has 0 aliphatic carbocycles. The number of hydrogen-bond acceptors (Lipinski definition) is 2. The summed E-state index contributed by atoms with van der Waals surface area (Å²) in [6.45, 7) is 0. The molecule has 0 aliphatic rings. The Morgan fingerprint density at radius 2 is 2.19 bits per heavy atom. The number of fused-ring (bicyclic) bond motifs is 1. The van der Waals surface area contributed by atoms with Crippen molar-refractivity contribution >= 4 is 16.9 Å². The quantitative estimate of drug-likeness (QED) is 0.737. The topological polar surface area (TPSA) is 73.3 Å². The van der Waals surface area contributed by atoms with Crippen molar-refractivity contribution in [3.8, 4) is 0 Å². The van der Waals surface area contributed by atoms with Gasteiger partial charge in [-0.2, -0.15) is 0 Å². The van der Waals surface area contributed by atoms with E-state index in [0.717, 1.165) is 16.5 Å². The van der Waals surface area contributed by atoms with Gasteiger partial charge in [-0.15, -0.1) is 0 Å². The number of H-pyrrole nitrogens is 1. The largest absolute Gasteiger partial charge is 0.481 e. The van der Waals surface area contributed by atoms with Gasteiger partial charge in [0.05, 0.1) is 6.10 Å². The third kappa shape index (κ3) is 2.23.